The molecule has 0 aliphatic heterocycles. The number of halogens is 1. The van der Waals surface area contributed by atoms with E-state index in [4.69, 9.17) is 44.2 Å². The molecule has 150 valence electrons. The van der Waals surface area contributed by atoms with E-state index >= 15 is 0 Å². The number of hydrogen-bond donors (Lipinski definition) is 0. The van der Waals surface area contributed by atoms with Crippen molar-refractivity contribution in [3.8, 4) is 5.69 Å². The Morgan fingerprint density at radius 2 is 2.16 bits per heavy atom. The van der Waals surface area contributed by atoms with Gasteiger partial charge in [0, 0.05) is 56.8 Å². The van der Waals surface area contributed by atoms with E-state index in [1.54, 1.807) is 0 Å². The van der Waals surface area contributed by atoms with Crippen LogP contribution in [0.4, 0.5) is 0 Å². The minimum absolute atomic E-state index is 0. The average Bonchev–Trinajstić information content (AvgIpc) is 3.56. The van der Waals surface area contributed by atoms with Gasteiger partial charge in [-0.25, -0.2) is 9.83 Å². The van der Waals surface area contributed by atoms with Gasteiger partial charge in [-0.2, -0.15) is 0 Å². The number of Topliss-reactive ketones (excluding diaryl/α,β-unsaturated/α-hetero) is 1. The number of rotatable bonds is 1. The Balaban J connectivity index is -0.0000000811. The zero-order valence-corrected chi connectivity index (χ0v) is 15.7. The van der Waals surface area contributed by atoms with E-state index in [-0.39, 0.29) is 30.2 Å². The molecular weight excluding hydrogens is 378 g/mol. The molecule has 2 aliphatic carbocycles. The summed E-state index contributed by atoms with van der Waals surface area (Å²) in [4.78, 5) is 20.8. The lowest BCUT2D eigenvalue weighted by atomic mass is 9.59. The lowest BCUT2D eigenvalue weighted by molar-refractivity contribution is -0.121. The first-order chi connectivity index (χ1) is 23.0. The highest BCUT2D eigenvalue weighted by atomic mass is 79.9. The van der Waals surface area contributed by atoms with Crippen molar-refractivity contribution in [3.05, 3.63) is 69.6 Å². The van der Waals surface area contributed by atoms with Gasteiger partial charge in [-0.3, -0.25) is 4.57 Å². The maximum Gasteiger partial charge on any atom is 0.226 e. The zero-order valence-electron chi connectivity index (χ0n) is 36.2. The Labute approximate surface area is 191 Å². The van der Waals surface area contributed by atoms with Gasteiger partial charge in [-0.15, -0.1) is 0 Å². The second-order valence-electron chi connectivity index (χ2n) is 7.07. The summed E-state index contributed by atoms with van der Waals surface area (Å²) in [6.07, 6.45) is 3.66. The molecule has 0 spiro atoms. The van der Waals surface area contributed by atoms with Crippen LogP contribution in [0.25, 0.3) is 10.5 Å². The number of aromatic nitrogens is 2. The van der Waals surface area contributed by atoms with E-state index in [1.807, 2.05) is 31.2 Å². The normalized spacial score (nSPS) is 31.4. The van der Waals surface area contributed by atoms with Crippen LogP contribution in [0.5, 0.6) is 0 Å². The number of carbonyl (C=O) groups excluding carboxylic acids is 1. The van der Waals surface area contributed by atoms with Crippen molar-refractivity contribution >= 4 is 21.7 Å². The molecule has 3 atom stereocenters. The summed E-state index contributed by atoms with van der Waals surface area (Å²) in [7, 11) is 0. The van der Waals surface area contributed by atoms with Crippen LogP contribution < -0.4 is 0 Å². The molecule has 1 heterocycles. The van der Waals surface area contributed by atoms with Crippen LogP contribution in [-0.4, -0.2) is 15.3 Å². The molecule has 4 rings (SSSR count). The number of hydrogen-bond acceptors (Lipinski definition) is 2. The van der Waals surface area contributed by atoms with Crippen LogP contribution >= 0.6 is 15.9 Å². The highest BCUT2D eigenvalue weighted by Crippen LogP contribution is 2.50. The minimum atomic E-state index is -0.386. The summed E-state index contributed by atoms with van der Waals surface area (Å²) in [5.74, 6) is 0.0133. The summed E-state index contributed by atoms with van der Waals surface area (Å²) >= 11 is 3.62. The Bertz CT molecular complexity index is 986. The Morgan fingerprint density at radius 1 is 1.44 bits per heavy atom. The number of para-hydroxylation sites is 1. The van der Waals surface area contributed by atoms with E-state index in [1.165, 1.54) is 5.69 Å². The number of imidazole rings is 1. The van der Waals surface area contributed by atoms with E-state index in [0.29, 0.717) is 0 Å². The highest BCUT2D eigenvalue weighted by molar-refractivity contribution is 9.10. The minimum Gasteiger partial charge on any atom is -0.308 e. The quantitative estimate of drug-likeness (QED) is 0.410. The summed E-state index contributed by atoms with van der Waals surface area (Å²) < 4.78 is 113. The van der Waals surface area contributed by atoms with Crippen LogP contribution in [-0.2, 0) is 16.6 Å². The number of carbonyl (C=O) groups is 1. The van der Waals surface area contributed by atoms with Crippen molar-refractivity contribution in [1.82, 2.24) is 9.55 Å². The largest absolute Gasteiger partial charge is 0.308 e. The Morgan fingerprint density at radius 3 is 2.84 bits per heavy atom. The number of nitrogens with zero attached hydrogens (tertiary/aromatic N) is 3. The molecule has 0 N–H and O–H groups in total. The first-order valence-corrected chi connectivity index (χ1v) is 9.24. The van der Waals surface area contributed by atoms with E-state index in [2.05, 4.69) is 44.4 Å². The number of ketones is 1. The van der Waals surface area contributed by atoms with Gasteiger partial charge in [-0.1, -0.05) is 38.1 Å². The van der Waals surface area contributed by atoms with Crippen LogP contribution in [0.2, 0.25) is 0 Å². The lowest BCUT2D eigenvalue weighted by Gasteiger charge is -2.44. The molecule has 25 heavy (non-hydrogen) atoms. The van der Waals surface area contributed by atoms with Gasteiger partial charge < -0.3 is 4.79 Å². The van der Waals surface area contributed by atoms with Gasteiger partial charge in [0.25, 0.3) is 0 Å². The predicted molar refractivity (Wildman–Crippen MR) is 125 cm³/mol. The van der Waals surface area contributed by atoms with Crippen molar-refractivity contribution in [2.45, 2.75) is 32.1 Å². The van der Waals surface area contributed by atoms with Crippen LogP contribution in [0, 0.1) is 18.4 Å². The smallest absolute Gasteiger partial charge is 0.226 e. The second-order valence-corrected chi connectivity index (χ2v) is 7.78. The van der Waals surface area contributed by atoms with Gasteiger partial charge >= 0.3 is 0 Å². The van der Waals surface area contributed by atoms with Gasteiger partial charge in [0.1, 0.15) is 0 Å². The molecule has 4 nitrogen and oxygen atoms in total. The third kappa shape index (κ3) is 2.24. The molecular formula is C20H42BrN3O. The van der Waals surface area contributed by atoms with Crippen molar-refractivity contribution in [2.24, 2.45) is 11.8 Å². The molecule has 0 saturated heterocycles. The molecule has 0 radical (unpaired) electrons. The molecule has 2 aromatic rings. The molecule has 0 saturated carbocycles. The molecule has 0 unspecified atom stereocenters. The van der Waals surface area contributed by atoms with E-state index in [9.17, 15) is 4.79 Å². The predicted octanol–water partition coefficient (Wildman–Crippen LogP) is 7.43. The number of fused-ring (bicyclic) bond motifs is 3. The third-order valence-electron chi connectivity index (χ3n) is 5.75. The van der Waals surface area contributed by atoms with E-state index in [0.717, 1.165) is 29.0 Å². The average molecular weight is 467 g/mol. The molecule has 1 aromatic carbocycles. The van der Waals surface area contributed by atoms with Crippen LogP contribution in [0.15, 0.2) is 46.8 Å². The number of allylic oxidation sites excluding steroid dienone is 2. The summed E-state index contributed by atoms with van der Waals surface area (Å²) in [6.45, 7) is 11.5. The topological polar surface area (TPSA) is 39.2 Å². The fraction of sp³-hybridized carbons (Fsp3) is 0.350. The maximum atomic E-state index is 12.4. The van der Waals surface area contributed by atoms with Gasteiger partial charge in [0.05, 0.1) is 12.3 Å². The van der Waals surface area contributed by atoms with Crippen LogP contribution in [0.1, 0.15) is 65.7 Å². The summed E-state index contributed by atoms with van der Waals surface area (Å²) in [5.41, 5.74) is 3.09. The Hall–Kier alpha value is -2.19. The standard InChI is InChI=1S/C20H18BrN3O.12H2/c1-12-14-9-10-16-18(20(14,2)11-15(22-3)17(12)25)23-19(21)24(16)13-7-5-4-6-8-13;;;;;;;;;;;;/h4-8,11-12,14H,9-10H2,1-2H3;12*1H/t12-,14-,20-;;;;;;;;;;;;/m0............/s1/i;11*1+2T;1+2. The molecule has 1 aromatic heterocycles. The first kappa shape index (κ1) is 8.01. The fourth-order valence-corrected chi connectivity index (χ4v) is 5.09. The summed E-state index contributed by atoms with van der Waals surface area (Å²) in [5, 5.41) is 0. The Kier molecular flexibility index (Phi) is 1.82. The number of benzene rings is 1. The van der Waals surface area contributed by atoms with E-state index < -0.39 is 0 Å². The molecule has 0 bridgehead atoms. The fourth-order valence-electron chi connectivity index (χ4n) is 4.50. The zero-order chi connectivity index (χ0) is 39.8. The third-order valence-corrected chi connectivity index (χ3v) is 6.28. The molecule has 0 fully saturated rings. The maximum absolute atomic E-state index is 12.4. The van der Waals surface area contributed by atoms with Gasteiger partial charge in [0.15, 0.2) is 10.5 Å². The summed E-state index contributed by atoms with van der Waals surface area (Å²) in [6, 6.07) is 10.2. The SMILES string of the molecule is [3HH].[3H][3H].[3H][3H].[3H][3H].[3H][3H].[3H][3H].[3H][3H].[3H][3H].[3H][3H].[3H][3H].[3H][3H].[3H][3H].[C-]#[N+]C1=C[C@]2(C)c3nc(Br)n(-c4ccccc4)c3CC[C@H]2[C@H](C)C1=O. The highest BCUT2D eigenvalue weighted by Gasteiger charge is 2.50. The van der Waals surface area contributed by atoms with Crippen molar-refractivity contribution in [1.29, 1.82) is 0 Å². The second kappa shape index (κ2) is 5.67. The molecule has 0 amide bonds. The van der Waals surface area contributed by atoms with Crippen molar-refractivity contribution < 1.29 is 38.9 Å². The molecule has 2 aliphatic rings. The van der Waals surface area contributed by atoms with Crippen LogP contribution in [0.3, 0.4) is 0 Å². The molecule has 5 heteroatoms. The van der Waals surface area contributed by atoms with Crippen molar-refractivity contribution in [2.75, 3.05) is 0 Å². The van der Waals surface area contributed by atoms with Gasteiger partial charge in [0.2, 0.25) is 5.70 Å². The monoisotopic (exact) mass is 465 g/mol. The van der Waals surface area contributed by atoms with Crippen molar-refractivity contribution in [3.63, 3.8) is 0 Å². The lowest BCUT2D eigenvalue weighted by Crippen LogP contribution is -2.45. The first-order valence-electron chi connectivity index (χ1n) is 19.4. The van der Waals surface area contributed by atoms with Gasteiger partial charge in [-0.05, 0) is 46.8 Å².